The lowest BCUT2D eigenvalue weighted by Gasteiger charge is -2.33. The Hall–Kier alpha value is -2.61. The van der Waals surface area contributed by atoms with Crippen molar-refractivity contribution < 1.29 is 24.2 Å². The summed E-state index contributed by atoms with van der Waals surface area (Å²) < 4.78 is 5.21. The average molecular weight is 462 g/mol. The van der Waals surface area contributed by atoms with Crippen LogP contribution in [0.3, 0.4) is 0 Å². The maximum absolute atomic E-state index is 13.4. The van der Waals surface area contributed by atoms with Crippen molar-refractivity contribution in [3.05, 3.63) is 34.9 Å². The van der Waals surface area contributed by atoms with Gasteiger partial charge in [0, 0.05) is 13.1 Å². The fraction of sp³-hybridized carbons (Fsp3) is 0.640. The predicted molar refractivity (Wildman–Crippen MR) is 127 cm³/mol. The lowest BCUT2D eigenvalue weighted by Crippen LogP contribution is -2.53. The number of hydrogen-bond acceptors (Lipinski definition) is 5. The second-order valence-corrected chi connectivity index (χ2v) is 9.92. The van der Waals surface area contributed by atoms with Crippen LogP contribution in [-0.4, -0.2) is 59.3 Å². The molecule has 0 radical (unpaired) electrons. The molecule has 8 heteroatoms. The van der Waals surface area contributed by atoms with Crippen LogP contribution in [0.5, 0.6) is 0 Å². The number of likely N-dealkylation sites (N-methyl/N-ethyl adjacent to an activating group) is 1. The van der Waals surface area contributed by atoms with Crippen LogP contribution in [0.15, 0.2) is 18.2 Å². The van der Waals surface area contributed by atoms with E-state index in [9.17, 15) is 19.5 Å². The summed E-state index contributed by atoms with van der Waals surface area (Å²) in [5.41, 5.74) is 2.02. The number of aliphatic hydroxyl groups excluding tert-OH is 1. The maximum Gasteiger partial charge on any atom is 0.408 e. The maximum atomic E-state index is 13.4. The minimum absolute atomic E-state index is 0.0809. The van der Waals surface area contributed by atoms with Gasteiger partial charge in [-0.2, -0.15) is 0 Å². The number of alkyl carbamates (subject to hydrolysis) is 1. The number of carbonyl (C=O) groups excluding carboxylic acids is 3. The summed E-state index contributed by atoms with van der Waals surface area (Å²) in [6, 6.07) is 3.62. The predicted octanol–water partition coefficient (Wildman–Crippen LogP) is 3.14. The van der Waals surface area contributed by atoms with Gasteiger partial charge in [-0.25, -0.2) is 4.79 Å². The van der Waals surface area contributed by atoms with Gasteiger partial charge in [-0.3, -0.25) is 9.59 Å². The van der Waals surface area contributed by atoms with Crippen LogP contribution in [0.25, 0.3) is 0 Å². The zero-order valence-corrected chi connectivity index (χ0v) is 20.7. The number of rotatable bonds is 7. The molecule has 1 aliphatic rings. The molecule has 1 aliphatic carbocycles. The molecule has 1 fully saturated rings. The Morgan fingerprint density at radius 2 is 1.76 bits per heavy atom. The summed E-state index contributed by atoms with van der Waals surface area (Å²) in [6.45, 7) is 8.45. The van der Waals surface area contributed by atoms with Crippen molar-refractivity contribution in [2.24, 2.45) is 0 Å². The summed E-state index contributed by atoms with van der Waals surface area (Å²) in [4.78, 5) is 40.1. The quantitative estimate of drug-likeness (QED) is 0.578. The van der Waals surface area contributed by atoms with Gasteiger partial charge in [0.05, 0.1) is 6.61 Å². The number of ether oxygens (including phenoxy) is 1. The molecule has 3 N–H and O–H groups in total. The molecule has 2 rings (SSSR count). The highest BCUT2D eigenvalue weighted by Gasteiger charge is 2.34. The van der Waals surface area contributed by atoms with Crippen molar-refractivity contribution >= 4 is 17.9 Å². The first kappa shape index (κ1) is 26.6. The number of benzene rings is 1. The summed E-state index contributed by atoms with van der Waals surface area (Å²) in [5, 5.41) is 15.3. The van der Waals surface area contributed by atoms with E-state index in [1.807, 2.05) is 32.0 Å². The Bertz CT molecular complexity index is 843. The van der Waals surface area contributed by atoms with E-state index in [1.54, 1.807) is 20.8 Å². The summed E-state index contributed by atoms with van der Waals surface area (Å²) >= 11 is 0. The highest BCUT2D eigenvalue weighted by molar-refractivity contribution is 5.92. The second kappa shape index (κ2) is 11.5. The number of nitrogens with one attached hydrogen (secondary N) is 2. The molecular formula is C25H39N3O5. The summed E-state index contributed by atoms with van der Waals surface area (Å²) in [5.74, 6) is -0.847. The molecule has 8 nitrogen and oxygen atoms in total. The van der Waals surface area contributed by atoms with Gasteiger partial charge in [-0.05, 0) is 64.2 Å². The Kier molecular flexibility index (Phi) is 9.28. The Morgan fingerprint density at radius 3 is 2.30 bits per heavy atom. The third kappa shape index (κ3) is 7.74. The molecule has 1 aromatic rings. The lowest BCUT2D eigenvalue weighted by molar-refractivity contribution is -0.141. The Balaban J connectivity index is 2.27. The van der Waals surface area contributed by atoms with Gasteiger partial charge in [0.25, 0.3) is 0 Å². The van der Waals surface area contributed by atoms with Crippen LogP contribution in [0.2, 0.25) is 0 Å². The first-order chi connectivity index (χ1) is 15.4. The van der Waals surface area contributed by atoms with Crippen molar-refractivity contribution in [2.75, 3.05) is 13.7 Å². The van der Waals surface area contributed by atoms with Gasteiger partial charge in [0.15, 0.2) is 0 Å². The van der Waals surface area contributed by atoms with Gasteiger partial charge < -0.3 is 25.4 Å². The van der Waals surface area contributed by atoms with Crippen molar-refractivity contribution in [1.82, 2.24) is 15.5 Å². The summed E-state index contributed by atoms with van der Waals surface area (Å²) in [7, 11) is 1.52. The second-order valence-electron chi connectivity index (χ2n) is 9.92. The summed E-state index contributed by atoms with van der Waals surface area (Å²) in [6.07, 6.45) is 4.34. The third-order valence-electron chi connectivity index (χ3n) is 5.95. The van der Waals surface area contributed by atoms with Gasteiger partial charge in [-0.15, -0.1) is 0 Å². The monoisotopic (exact) mass is 461 g/mol. The van der Waals surface area contributed by atoms with Gasteiger partial charge >= 0.3 is 6.09 Å². The van der Waals surface area contributed by atoms with Crippen molar-refractivity contribution in [3.8, 4) is 0 Å². The number of nitrogens with zero attached hydrogens (tertiary/aromatic N) is 1. The molecule has 0 aliphatic heterocycles. The van der Waals surface area contributed by atoms with Crippen LogP contribution in [-0.2, 0) is 14.3 Å². The molecule has 2 atom stereocenters. The zero-order valence-electron chi connectivity index (χ0n) is 20.7. The highest BCUT2D eigenvalue weighted by atomic mass is 16.6. The van der Waals surface area contributed by atoms with Gasteiger partial charge in [0.2, 0.25) is 11.8 Å². The molecule has 0 bridgehead atoms. The smallest absolute Gasteiger partial charge is 0.408 e. The average Bonchev–Trinajstić information content (AvgIpc) is 2.73. The van der Waals surface area contributed by atoms with Gasteiger partial charge in [-0.1, -0.05) is 37.5 Å². The molecular weight excluding hydrogens is 422 g/mol. The number of amides is 3. The van der Waals surface area contributed by atoms with E-state index >= 15 is 0 Å². The SMILES string of the molecule is Cc1ccc(C(C(=O)NC2CCCCC2)N(C)C(=O)C(CO)NC(=O)OC(C)(C)C)cc1C. The fourth-order valence-corrected chi connectivity index (χ4v) is 4.02. The number of aryl methyl sites for hydroxylation is 2. The number of hydrogen-bond donors (Lipinski definition) is 3. The minimum atomic E-state index is -1.23. The first-order valence-electron chi connectivity index (χ1n) is 11.7. The van der Waals surface area contributed by atoms with Gasteiger partial charge in [0.1, 0.15) is 17.7 Å². The van der Waals surface area contributed by atoms with E-state index in [0.717, 1.165) is 36.8 Å². The largest absolute Gasteiger partial charge is 0.444 e. The van der Waals surface area contributed by atoms with E-state index in [1.165, 1.54) is 18.4 Å². The third-order valence-corrected chi connectivity index (χ3v) is 5.95. The van der Waals surface area contributed by atoms with Crippen LogP contribution in [0.4, 0.5) is 4.79 Å². The van der Waals surface area contributed by atoms with Crippen molar-refractivity contribution in [3.63, 3.8) is 0 Å². The molecule has 0 aromatic heterocycles. The van der Waals surface area contributed by atoms with E-state index in [0.29, 0.717) is 5.56 Å². The Labute approximate surface area is 197 Å². The van der Waals surface area contributed by atoms with Crippen LogP contribution in [0, 0.1) is 13.8 Å². The molecule has 33 heavy (non-hydrogen) atoms. The molecule has 3 amide bonds. The normalized spacial score (nSPS) is 16.5. The minimum Gasteiger partial charge on any atom is -0.444 e. The molecule has 0 heterocycles. The molecule has 184 valence electrons. The van der Waals surface area contributed by atoms with Crippen LogP contribution >= 0.6 is 0 Å². The van der Waals surface area contributed by atoms with E-state index in [-0.39, 0.29) is 11.9 Å². The van der Waals surface area contributed by atoms with E-state index in [2.05, 4.69) is 10.6 Å². The molecule has 2 unspecified atom stereocenters. The highest BCUT2D eigenvalue weighted by Crippen LogP contribution is 2.25. The number of aliphatic hydroxyl groups is 1. The van der Waals surface area contributed by atoms with E-state index in [4.69, 9.17) is 4.74 Å². The number of carbonyl (C=O) groups is 3. The fourth-order valence-electron chi connectivity index (χ4n) is 4.02. The van der Waals surface area contributed by atoms with E-state index < -0.39 is 36.3 Å². The molecule has 1 aromatic carbocycles. The van der Waals surface area contributed by atoms with Crippen molar-refractivity contribution in [1.29, 1.82) is 0 Å². The standard InChI is InChI=1S/C25H39N3O5/c1-16-12-13-18(14-17(16)2)21(22(30)26-19-10-8-7-9-11-19)28(6)23(31)20(15-29)27-24(32)33-25(3,4)5/h12-14,19-21,29H,7-11,15H2,1-6H3,(H,26,30)(H,27,32). The Morgan fingerprint density at radius 1 is 1.12 bits per heavy atom. The van der Waals surface area contributed by atoms with Crippen molar-refractivity contribution in [2.45, 2.75) is 90.4 Å². The lowest BCUT2D eigenvalue weighted by atomic mass is 9.94. The zero-order chi connectivity index (χ0) is 24.8. The molecule has 0 saturated heterocycles. The van der Waals surface area contributed by atoms with Crippen LogP contribution in [0.1, 0.15) is 75.6 Å². The van der Waals surface area contributed by atoms with Crippen LogP contribution < -0.4 is 10.6 Å². The molecule has 1 saturated carbocycles. The topological polar surface area (TPSA) is 108 Å². The first-order valence-corrected chi connectivity index (χ1v) is 11.7. The molecule has 0 spiro atoms.